The fourth-order valence-corrected chi connectivity index (χ4v) is 4.57. The second kappa shape index (κ2) is 34.3. The van der Waals surface area contributed by atoms with Crippen molar-refractivity contribution in [2.24, 2.45) is 0 Å². The maximum Gasteiger partial charge on any atom is 0.418 e. The number of ether oxygens (including phenoxy) is 4. The number of rotatable bonds is 6. The van der Waals surface area contributed by atoms with E-state index < -0.39 is 6.09 Å². The maximum absolute atomic E-state index is 10.8. The highest BCUT2D eigenvalue weighted by atomic mass is 16.5. The lowest BCUT2D eigenvalue weighted by Gasteiger charge is -2.24. The predicted octanol–water partition coefficient (Wildman–Crippen LogP) is 5.61. The van der Waals surface area contributed by atoms with Crippen LogP contribution in [0.2, 0.25) is 0 Å². The third kappa shape index (κ3) is 26.7. The first kappa shape index (κ1) is 53.5. The van der Waals surface area contributed by atoms with Crippen LogP contribution >= 0.6 is 0 Å². The van der Waals surface area contributed by atoms with Crippen LogP contribution in [-0.2, 0) is 33.3 Å². The van der Waals surface area contributed by atoms with Gasteiger partial charge in [0.15, 0.2) is 0 Å². The molecule has 3 aliphatic heterocycles. The van der Waals surface area contributed by atoms with E-state index in [0.29, 0.717) is 19.6 Å². The van der Waals surface area contributed by atoms with Gasteiger partial charge in [-0.3, -0.25) is 29.1 Å². The molecule has 280 valence electrons. The van der Waals surface area contributed by atoms with E-state index in [4.69, 9.17) is 0 Å². The van der Waals surface area contributed by atoms with Gasteiger partial charge in [0.2, 0.25) is 0 Å². The molecule has 0 N–H and O–H groups in total. The molecule has 0 bridgehead atoms. The minimum Gasteiger partial charge on any atom is -0.468 e. The van der Waals surface area contributed by atoms with Gasteiger partial charge < -0.3 is 18.9 Å². The highest BCUT2D eigenvalue weighted by Gasteiger charge is 2.15. The molecule has 1 aromatic heterocycles. The summed E-state index contributed by atoms with van der Waals surface area (Å²) in [7, 11) is 5.63. The number of hydrogen-bond donors (Lipinski definition) is 0. The smallest absolute Gasteiger partial charge is 0.418 e. The van der Waals surface area contributed by atoms with Crippen molar-refractivity contribution in [1.29, 1.82) is 0 Å². The molecule has 1 aromatic rings. The monoisotopic (exact) mass is 678 g/mol. The second-order valence-electron chi connectivity index (χ2n) is 10.2. The average molecular weight is 678 g/mol. The zero-order valence-corrected chi connectivity index (χ0v) is 26.0. The van der Waals surface area contributed by atoms with Crippen molar-refractivity contribution < 1.29 is 38.1 Å². The van der Waals surface area contributed by atoms with Crippen LogP contribution in [0.4, 0.5) is 4.79 Å². The molecular formula is C34H71N5O8. The Labute approximate surface area is 287 Å². The lowest BCUT2D eigenvalue weighted by atomic mass is 10.1. The van der Waals surface area contributed by atoms with Crippen LogP contribution in [0.1, 0.15) is 94.9 Å². The molecular weight excluding hydrogens is 606 g/mol. The molecule has 47 heavy (non-hydrogen) atoms. The van der Waals surface area contributed by atoms with Gasteiger partial charge in [-0.25, -0.2) is 14.3 Å². The summed E-state index contributed by atoms with van der Waals surface area (Å²) in [6.07, 6.45) is 15.2. The standard InChI is InChI=1S/3C8H15NO2.C5H6N2O2.5CH4/c3*1-11-8(10)7-9-5-3-2-4-6-9;1-9-5(8)7-3-2-6-4-7;;;;;/h3*2-7H2,1H3;2-4H,1H3;5*1H4. The predicted molar refractivity (Wildman–Crippen MR) is 191 cm³/mol. The summed E-state index contributed by atoms with van der Waals surface area (Å²) in [6.45, 7) is 7.71. The summed E-state index contributed by atoms with van der Waals surface area (Å²) in [4.78, 5) is 53.1. The molecule has 0 unspecified atom stereocenters. The van der Waals surface area contributed by atoms with Gasteiger partial charge >= 0.3 is 24.0 Å². The molecule has 3 saturated heterocycles. The quantitative estimate of drug-likeness (QED) is 0.274. The van der Waals surface area contributed by atoms with Crippen LogP contribution in [0, 0.1) is 0 Å². The largest absolute Gasteiger partial charge is 0.468 e. The van der Waals surface area contributed by atoms with Crippen LogP contribution < -0.4 is 0 Å². The molecule has 3 fully saturated rings. The molecule has 0 spiro atoms. The van der Waals surface area contributed by atoms with Crippen molar-refractivity contribution in [2.75, 3.05) is 87.3 Å². The van der Waals surface area contributed by atoms with Gasteiger partial charge in [0, 0.05) is 12.4 Å². The van der Waals surface area contributed by atoms with E-state index in [9.17, 15) is 19.2 Å². The second-order valence-corrected chi connectivity index (χ2v) is 10.2. The lowest BCUT2D eigenvalue weighted by Crippen LogP contribution is -2.34. The van der Waals surface area contributed by atoms with Gasteiger partial charge in [0.25, 0.3) is 0 Å². The van der Waals surface area contributed by atoms with Gasteiger partial charge in [-0.2, -0.15) is 0 Å². The summed E-state index contributed by atoms with van der Waals surface area (Å²) >= 11 is 0. The fourth-order valence-electron chi connectivity index (χ4n) is 4.57. The molecule has 4 rings (SSSR count). The van der Waals surface area contributed by atoms with Crippen LogP contribution in [0.5, 0.6) is 0 Å². The van der Waals surface area contributed by atoms with Crippen LogP contribution in [0.25, 0.3) is 0 Å². The number of methoxy groups -OCH3 is 4. The SMILES string of the molecule is C.C.C.C.C.COC(=O)CN1CCCCC1.COC(=O)CN1CCCCC1.COC(=O)CN1CCCCC1.COC(=O)n1ccnc1. The zero-order chi connectivity index (χ0) is 31.0. The van der Waals surface area contributed by atoms with Crippen molar-refractivity contribution >= 4 is 24.0 Å². The van der Waals surface area contributed by atoms with Gasteiger partial charge in [-0.15, -0.1) is 0 Å². The Bertz CT molecular complexity index is 792. The first-order valence-electron chi connectivity index (χ1n) is 14.8. The molecule has 0 aromatic carbocycles. The van der Waals surface area contributed by atoms with E-state index in [2.05, 4.69) is 38.6 Å². The Morgan fingerprint density at radius 2 is 0.809 bits per heavy atom. The third-order valence-corrected chi connectivity index (χ3v) is 6.98. The van der Waals surface area contributed by atoms with Crippen LogP contribution in [0.3, 0.4) is 0 Å². The van der Waals surface area contributed by atoms with E-state index >= 15 is 0 Å². The van der Waals surface area contributed by atoms with E-state index in [1.54, 1.807) is 0 Å². The molecule has 13 nitrogen and oxygen atoms in total. The van der Waals surface area contributed by atoms with Crippen molar-refractivity contribution in [3.63, 3.8) is 0 Å². The normalized spacial score (nSPS) is 15.6. The minimum absolute atomic E-state index is 0. The van der Waals surface area contributed by atoms with E-state index in [1.807, 2.05) is 0 Å². The summed E-state index contributed by atoms with van der Waals surface area (Å²) in [5.74, 6) is -0.356. The van der Waals surface area contributed by atoms with Crippen LogP contribution in [-0.4, -0.2) is 136 Å². The summed E-state index contributed by atoms with van der Waals surface area (Å²) in [5.41, 5.74) is 0. The first-order chi connectivity index (χ1) is 20.3. The van der Waals surface area contributed by atoms with Gasteiger partial charge in [-0.1, -0.05) is 56.4 Å². The Hall–Kier alpha value is -3.03. The van der Waals surface area contributed by atoms with E-state index in [-0.39, 0.29) is 55.0 Å². The molecule has 13 heteroatoms. The lowest BCUT2D eigenvalue weighted by molar-refractivity contribution is -0.143. The Balaban J connectivity index is -0.000000161. The van der Waals surface area contributed by atoms with Crippen molar-refractivity contribution in [1.82, 2.24) is 24.3 Å². The maximum atomic E-state index is 10.8. The third-order valence-electron chi connectivity index (χ3n) is 6.98. The number of carbonyl (C=O) groups is 4. The van der Waals surface area contributed by atoms with Crippen molar-refractivity contribution in [3.05, 3.63) is 18.7 Å². The molecule has 0 aliphatic carbocycles. The number of carbonyl (C=O) groups excluding carboxylic acids is 4. The van der Waals surface area contributed by atoms with Crippen molar-refractivity contribution in [3.8, 4) is 0 Å². The molecule has 0 radical (unpaired) electrons. The topological polar surface area (TPSA) is 133 Å². The molecule has 3 aliphatic rings. The number of aromatic nitrogens is 2. The van der Waals surface area contributed by atoms with Gasteiger partial charge in [-0.05, 0) is 77.8 Å². The number of likely N-dealkylation sites (tertiary alicyclic amines) is 3. The van der Waals surface area contributed by atoms with E-state index in [1.165, 1.54) is 110 Å². The van der Waals surface area contributed by atoms with Crippen LogP contribution in [0.15, 0.2) is 18.7 Å². The van der Waals surface area contributed by atoms with Crippen molar-refractivity contribution in [2.45, 2.75) is 94.9 Å². The van der Waals surface area contributed by atoms with Gasteiger partial charge in [0.05, 0.1) is 48.1 Å². The number of imidazole rings is 1. The number of esters is 3. The molecule has 0 atom stereocenters. The number of nitrogens with zero attached hydrogens (tertiary/aromatic N) is 5. The Morgan fingerprint density at radius 3 is 1.02 bits per heavy atom. The molecule has 0 amide bonds. The zero-order valence-electron chi connectivity index (χ0n) is 26.0. The number of hydrogen-bond acceptors (Lipinski definition) is 12. The van der Waals surface area contributed by atoms with E-state index in [0.717, 1.165) is 39.3 Å². The Kier molecular flexibility index (Phi) is 39.0. The number of piperidine rings is 3. The summed E-state index contributed by atoms with van der Waals surface area (Å²) in [6, 6.07) is 0. The van der Waals surface area contributed by atoms with Gasteiger partial charge in [0.1, 0.15) is 6.33 Å². The summed E-state index contributed by atoms with van der Waals surface area (Å²) < 4.78 is 19.3. The molecule has 4 heterocycles. The minimum atomic E-state index is -0.424. The highest BCUT2D eigenvalue weighted by Crippen LogP contribution is 2.09. The fraction of sp³-hybridized carbons (Fsp3) is 0.794. The highest BCUT2D eigenvalue weighted by molar-refractivity contribution is 5.72. The summed E-state index contributed by atoms with van der Waals surface area (Å²) in [5, 5.41) is 0. The first-order valence-corrected chi connectivity index (χ1v) is 14.8. The average Bonchev–Trinajstić information content (AvgIpc) is 3.58. The molecule has 0 saturated carbocycles. The Morgan fingerprint density at radius 1 is 0.511 bits per heavy atom.